The molecule has 7 heteroatoms. The maximum Gasteiger partial charge on any atom is 0.307 e. The van der Waals surface area contributed by atoms with Crippen molar-refractivity contribution in [1.82, 2.24) is 9.88 Å². The number of nitrogens with zero attached hydrogens (tertiary/aromatic N) is 1. The maximum atomic E-state index is 13.4. The molecule has 0 radical (unpaired) electrons. The molecule has 0 saturated heterocycles. The predicted octanol–water partition coefficient (Wildman–Crippen LogP) is 4.05. The molecule has 1 aromatic heterocycles. The quantitative estimate of drug-likeness (QED) is 0.471. The number of aryl methyl sites for hydroxylation is 3. The molecule has 184 valence electrons. The van der Waals surface area contributed by atoms with Gasteiger partial charge < -0.3 is 19.4 Å². The zero-order valence-electron chi connectivity index (χ0n) is 20.8. The van der Waals surface area contributed by atoms with Crippen LogP contribution in [0.25, 0.3) is 11.1 Å². The number of carbonyl (C=O) groups is 2. The van der Waals surface area contributed by atoms with Crippen molar-refractivity contribution in [3.05, 3.63) is 93.4 Å². The van der Waals surface area contributed by atoms with E-state index in [1.54, 1.807) is 12.3 Å². The van der Waals surface area contributed by atoms with Crippen LogP contribution in [0.5, 0.6) is 0 Å². The summed E-state index contributed by atoms with van der Waals surface area (Å²) < 4.78 is 11.5. The van der Waals surface area contributed by atoms with E-state index in [4.69, 9.17) is 9.47 Å². The number of hydrogen-bond acceptors (Lipinski definition) is 5. The van der Waals surface area contributed by atoms with Gasteiger partial charge in [-0.3, -0.25) is 14.4 Å². The third kappa shape index (κ3) is 6.25. The second-order valence-electron chi connectivity index (χ2n) is 8.65. The zero-order valence-corrected chi connectivity index (χ0v) is 20.8. The molecule has 2 aromatic carbocycles. The van der Waals surface area contributed by atoms with E-state index in [0.29, 0.717) is 0 Å². The van der Waals surface area contributed by atoms with Gasteiger partial charge in [0.25, 0.3) is 5.56 Å². The van der Waals surface area contributed by atoms with Crippen molar-refractivity contribution in [2.75, 3.05) is 20.8 Å². The Balaban J connectivity index is 1.98. The molecule has 35 heavy (non-hydrogen) atoms. The summed E-state index contributed by atoms with van der Waals surface area (Å²) in [7, 11) is 2.79. The summed E-state index contributed by atoms with van der Waals surface area (Å²) in [6.45, 7) is 5.92. The van der Waals surface area contributed by atoms with Gasteiger partial charge in [-0.2, -0.15) is 0 Å². The summed E-state index contributed by atoms with van der Waals surface area (Å²) in [6, 6.07) is 15.6. The second kappa shape index (κ2) is 11.6. The molecule has 1 heterocycles. The van der Waals surface area contributed by atoms with Crippen LogP contribution in [0.2, 0.25) is 0 Å². The lowest BCUT2D eigenvalue weighted by atomic mass is 9.92. The van der Waals surface area contributed by atoms with E-state index in [0.717, 1.165) is 33.4 Å². The molecule has 1 N–H and O–H groups in total. The molecule has 1 amide bonds. The molecular formula is C28H32N2O5. The first-order valence-electron chi connectivity index (χ1n) is 11.5. The molecule has 0 aliphatic heterocycles. The lowest BCUT2D eigenvalue weighted by Gasteiger charge is -2.24. The summed E-state index contributed by atoms with van der Waals surface area (Å²) in [5, 5.41) is 2.95. The second-order valence-corrected chi connectivity index (χ2v) is 8.65. The molecule has 0 fully saturated rings. The molecular weight excluding hydrogens is 444 g/mol. The van der Waals surface area contributed by atoms with Crippen molar-refractivity contribution < 1.29 is 19.1 Å². The topological polar surface area (TPSA) is 86.6 Å². The minimum Gasteiger partial charge on any atom is -0.469 e. The molecule has 0 saturated carbocycles. The number of amides is 1. The number of nitrogens with one attached hydrogen (secondary N) is 1. The predicted molar refractivity (Wildman–Crippen MR) is 135 cm³/mol. The van der Waals surface area contributed by atoms with E-state index in [1.807, 2.05) is 37.3 Å². The average Bonchev–Trinajstić information content (AvgIpc) is 2.82. The van der Waals surface area contributed by atoms with Gasteiger partial charge in [-0.1, -0.05) is 36.4 Å². The van der Waals surface area contributed by atoms with Gasteiger partial charge in [0.2, 0.25) is 5.91 Å². The van der Waals surface area contributed by atoms with E-state index < -0.39 is 24.0 Å². The average molecular weight is 477 g/mol. The van der Waals surface area contributed by atoms with Crippen molar-refractivity contribution in [2.45, 2.75) is 39.3 Å². The van der Waals surface area contributed by atoms with Crippen LogP contribution < -0.4 is 10.9 Å². The molecule has 0 aliphatic carbocycles. The Kier molecular flexibility index (Phi) is 8.60. The Morgan fingerprint density at radius 2 is 1.66 bits per heavy atom. The smallest absolute Gasteiger partial charge is 0.307 e. The number of rotatable bonds is 9. The van der Waals surface area contributed by atoms with Crippen molar-refractivity contribution in [2.24, 2.45) is 0 Å². The first kappa shape index (κ1) is 25.9. The van der Waals surface area contributed by atoms with Gasteiger partial charge in [-0.05, 0) is 66.3 Å². The van der Waals surface area contributed by atoms with Crippen molar-refractivity contribution in [1.29, 1.82) is 0 Å². The van der Waals surface area contributed by atoms with Crippen molar-refractivity contribution >= 4 is 11.9 Å². The molecule has 0 spiro atoms. The third-order valence-corrected chi connectivity index (χ3v) is 6.04. The van der Waals surface area contributed by atoms with E-state index in [9.17, 15) is 14.4 Å². The summed E-state index contributed by atoms with van der Waals surface area (Å²) in [5.74, 6) is -0.882. The minimum absolute atomic E-state index is 0.00217. The van der Waals surface area contributed by atoms with Crippen LogP contribution in [0.4, 0.5) is 0 Å². The molecule has 2 atom stereocenters. The monoisotopic (exact) mass is 476 g/mol. The Hall–Kier alpha value is -3.71. The lowest BCUT2D eigenvalue weighted by Crippen LogP contribution is -2.41. The van der Waals surface area contributed by atoms with E-state index in [-0.39, 0.29) is 18.6 Å². The highest BCUT2D eigenvalue weighted by Gasteiger charge is 2.26. The van der Waals surface area contributed by atoms with Crippen LogP contribution >= 0.6 is 0 Å². The summed E-state index contributed by atoms with van der Waals surface area (Å²) >= 11 is 0. The fourth-order valence-corrected chi connectivity index (χ4v) is 4.24. The Morgan fingerprint density at radius 3 is 2.29 bits per heavy atom. The molecule has 0 bridgehead atoms. The summed E-state index contributed by atoms with van der Waals surface area (Å²) in [6.07, 6.45) is 1.53. The van der Waals surface area contributed by atoms with Crippen LogP contribution in [0.1, 0.15) is 40.8 Å². The maximum absolute atomic E-state index is 13.4. The fourth-order valence-electron chi connectivity index (χ4n) is 4.24. The number of methoxy groups -OCH3 is 2. The third-order valence-electron chi connectivity index (χ3n) is 6.04. The van der Waals surface area contributed by atoms with Gasteiger partial charge in [0.05, 0.1) is 26.2 Å². The van der Waals surface area contributed by atoms with Gasteiger partial charge in [-0.15, -0.1) is 0 Å². The van der Waals surface area contributed by atoms with Crippen LogP contribution in [-0.4, -0.2) is 37.3 Å². The van der Waals surface area contributed by atoms with Crippen LogP contribution in [0.15, 0.2) is 65.6 Å². The number of aromatic nitrogens is 1. The van der Waals surface area contributed by atoms with Crippen LogP contribution in [0.3, 0.4) is 0 Å². The number of pyridine rings is 1. The number of hydrogen-bond donors (Lipinski definition) is 1. The van der Waals surface area contributed by atoms with Gasteiger partial charge in [0.15, 0.2) is 0 Å². The molecule has 0 aliphatic rings. The summed E-state index contributed by atoms with van der Waals surface area (Å²) in [4.78, 5) is 38.2. The highest BCUT2D eigenvalue weighted by atomic mass is 16.5. The molecule has 7 nitrogen and oxygen atoms in total. The van der Waals surface area contributed by atoms with Crippen LogP contribution in [0, 0.1) is 20.8 Å². The minimum atomic E-state index is -0.893. The summed E-state index contributed by atoms with van der Waals surface area (Å²) in [5.41, 5.74) is 5.63. The van der Waals surface area contributed by atoms with Gasteiger partial charge in [0.1, 0.15) is 6.04 Å². The highest BCUT2D eigenvalue weighted by molar-refractivity contribution is 5.82. The van der Waals surface area contributed by atoms with Crippen molar-refractivity contribution in [3.8, 4) is 11.1 Å². The fraction of sp³-hybridized carbons (Fsp3) is 0.321. The Morgan fingerprint density at radius 1 is 0.971 bits per heavy atom. The van der Waals surface area contributed by atoms with Crippen LogP contribution in [-0.2, 0) is 19.1 Å². The van der Waals surface area contributed by atoms with Gasteiger partial charge in [-0.25, -0.2) is 0 Å². The SMILES string of the molecule is COCC(C(=O)NC(CC(=O)OC)c1cccc(-c2c(C)cccc2C)c1)n1ccc(C)cc1=O. The van der Waals surface area contributed by atoms with E-state index >= 15 is 0 Å². The zero-order chi connectivity index (χ0) is 25.5. The number of ether oxygens (including phenoxy) is 2. The largest absolute Gasteiger partial charge is 0.469 e. The molecule has 3 aromatic rings. The van der Waals surface area contributed by atoms with E-state index in [1.165, 1.54) is 24.9 Å². The first-order valence-corrected chi connectivity index (χ1v) is 11.5. The Labute approximate surface area is 205 Å². The molecule has 3 rings (SSSR count). The highest BCUT2D eigenvalue weighted by Crippen LogP contribution is 2.30. The number of carbonyl (C=O) groups excluding carboxylic acids is 2. The van der Waals surface area contributed by atoms with Gasteiger partial charge in [0, 0.05) is 19.4 Å². The van der Waals surface area contributed by atoms with Crippen molar-refractivity contribution in [3.63, 3.8) is 0 Å². The van der Waals surface area contributed by atoms with E-state index in [2.05, 4.69) is 31.3 Å². The lowest BCUT2D eigenvalue weighted by molar-refractivity contribution is -0.141. The number of benzene rings is 2. The normalized spacial score (nSPS) is 12.6. The van der Waals surface area contributed by atoms with Gasteiger partial charge >= 0.3 is 5.97 Å². The number of esters is 1. The first-order chi connectivity index (χ1) is 16.7. The molecule has 2 unspecified atom stereocenters. The standard InChI is InChI=1S/C28H32N2O5/c1-18-12-13-30(25(31)14-18)24(17-34-4)28(33)29-23(16-26(32)35-5)21-10-7-11-22(15-21)27-19(2)8-6-9-20(27)3/h6-15,23-24H,16-17H2,1-5H3,(H,29,33). The Bertz CT molecular complexity index is 1240.